The summed E-state index contributed by atoms with van der Waals surface area (Å²) in [5.41, 5.74) is 0.249. The van der Waals surface area contributed by atoms with Gasteiger partial charge in [0.1, 0.15) is 0 Å². The number of quaternary nitrogens is 1. The zero-order chi connectivity index (χ0) is 16.0. The molecular weight excluding hydrogens is 294 g/mol. The lowest BCUT2D eigenvalue weighted by molar-refractivity contribution is -0.895. The van der Waals surface area contributed by atoms with E-state index in [4.69, 9.17) is 0 Å². The molecule has 2 N–H and O–H groups in total. The van der Waals surface area contributed by atoms with Crippen LogP contribution in [0.1, 0.15) is 19.4 Å². The highest BCUT2D eigenvalue weighted by molar-refractivity contribution is 7.89. The highest BCUT2D eigenvalue weighted by atomic mass is 32.2. The predicted octanol–water partition coefficient (Wildman–Crippen LogP) is 0.106. The molecule has 0 bridgehead atoms. The number of aryl methyl sites for hydroxylation is 1. The van der Waals surface area contributed by atoms with Crippen LogP contribution in [0.5, 0.6) is 0 Å². The molecule has 0 heterocycles. The number of hydrogen-bond acceptors (Lipinski definition) is 4. The minimum atomic E-state index is -3.71. The molecule has 0 aliphatic heterocycles. The fraction of sp³-hybridized carbons (Fsp3) is 0.538. The predicted molar refractivity (Wildman–Crippen MR) is 79.9 cm³/mol. The molecule has 0 atom stereocenters. The summed E-state index contributed by atoms with van der Waals surface area (Å²) in [7, 11) is -3.71. The van der Waals surface area contributed by atoms with Gasteiger partial charge in [0.25, 0.3) is 5.69 Å². The fourth-order valence-corrected chi connectivity index (χ4v) is 3.05. The Labute approximate surface area is 125 Å². The lowest BCUT2D eigenvalue weighted by Gasteiger charge is -2.15. The normalized spacial score (nSPS) is 11.8. The Morgan fingerprint density at radius 1 is 1.29 bits per heavy atom. The molecule has 0 unspecified atom stereocenters. The van der Waals surface area contributed by atoms with Crippen molar-refractivity contribution in [1.82, 2.24) is 4.72 Å². The van der Waals surface area contributed by atoms with E-state index in [9.17, 15) is 18.5 Å². The topological polar surface area (TPSA) is 93.8 Å². The van der Waals surface area contributed by atoms with Gasteiger partial charge in [-0.15, -0.1) is 0 Å². The Morgan fingerprint density at radius 2 is 1.90 bits per heavy atom. The van der Waals surface area contributed by atoms with Gasteiger partial charge in [0, 0.05) is 11.6 Å². The molecule has 0 aromatic heterocycles. The van der Waals surface area contributed by atoms with Crippen molar-refractivity contribution in [3.63, 3.8) is 0 Å². The van der Waals surface area contributed by atoms with Crippen LogP contribution in [0.4, 0.5) is 5.69 Å². The van der Waals surface area contributed by atoms with Crippen LogP contribution in [-0.2, 0) is 10.0 Å². The number of likely N-dealkylation sites (N-methyl/N-ethyl adjacent to an activating group) is 1. The number of sulfonamides is 1. The summed E-state index contributed by atoms with van der Waals surface area (Å²) in [6.45, 7) is 8.49. The van der Waals surface area contributed by atoms with E-state index < -0.39 is 14.9 Å². The van der Waals surface area contributed by atoms with Gasteiger partial charge in [0.05, 0.1) is 36.0 Å². The number of rotatable bonds is 8. The van der Waals surface area contributed by atoms with Gasteiger partial charge in [0.2, 0.25) is 10.0 Å². The van der Waals surface area contributed by atoms with Gasteiger partial charge in [-0.25, -0.2) is 13.1 Å². The van der Waals surface area contributed by atoms with Crippen LogP contribution in [0, 0.1) is 17.0 Å². The van der Waals surface area contributed by atoms with E-state index in [0.717, 1.165) is 19.2 Å². The fourth-order valence-electron chi connectivity index (χ4n) is 2.00. The zero-order valence-electron chi connectivity index (χ0n) is 12.5. The molecule has 0 saturated heterocycles. The van der Waals surface area contributed by atoms with Crippen molar-refractivity contribution < 1.29 is 18.2 Å². The quantitative estimate of drug-likeness (QED) is 0.526. The van der Waals surface area contributed by atoms with Crippen molar-refractivity contribution >= 4 is 15.7 Å². The van der Waals surface area contributed by atoms with Crippen molar-refractivity contribution in [2.24, 2.45) is 0 Å². The molecule has 1 aromatic carbocycles. The number of nitro groups is 1. The van der Waals surface area contributed by atoms with E-state index in [1.165, 1.54) is 17.0 Å². The number of nitrogens with one attached hydrogen (secondary N) is 2. The Morgan fingerprint density at radius 3 is 2.43 bits per heavy atom. The van der Waals surface area contributed by atoms with Crippen LogP contribution in [0.15, 0.2) is 23.1 Å². The van der Waals surface area contributed by atoms with Gasteiger partial charge in [-0.05, 0) is 26.8 Å². The first kappa shape index (κ1) is 17.5. The van der Waals surface area contributed by atoms with Crippen molar-refractivity contribution in [2.75, 3.05) is 26.2 Å². The summed E-state index contributed by atoms with van der Waals surface area (Å²) in [5.74, 6) is 0. The summed E-state index contributed by atoms with van der Waals surface area (Å²) >= 11 is 0. The molecule has 0 amide bonds. The molecule has 7 nitrogen and oxygen atoms in total. The van der Waals surface area contributed by atoms with Gasteiger partial charge in [-0.2, -0.15) is 0 Å². The van der Waals surface area contributed by atoms with Crippen LogP contribution >= 0.6 is 0 Å². The maximum atomic E-state index is 12.1. The van der Waals surface area contributed by atoms with E-state index in [-0.39, 0.29) is 10.6 Å². The number of hydrogen-bond donors (Lipinski definition) is 2. The molecule has 0 aliphatic carbocycles. The number of benzene rings is 1. The first-order chi connectivity index (χ1) is 9.81. The summed E-state index contributed by atoms with van der Waals surface area (Å²) in [5, 5.41) is 10.9. The molecule has 8 heteroatoms. The molecule has 21 heavy (non-hydrogen) atoms. The van der Waals surface area contributed by atoms with E-state index in [1.807, 2.05) is 13.8 Å². The molecule has 0 radical (unpaired) electrons. The minimum absolute atomic E-state index is 0.0747. The third-order valence-electron chi connectivity index (χ3n) is 3.46. The Bertz CT molecular complexity index is 597. The summed E-state index contributed by atoms with van der Waals surface area (Å²) in [4.78, 5) is 11.5. The monoisotopic (exact) mass is 316 g/mol. The van der Waals surface area contributed by atoms with Gasteiger partial charge < -0.3 is 4.90 Å². The third kappa shape index (κ3) is 4.76. The third-order valence-corrected chi connectivity index (χ3v) is 4.92. The largest absolute Gasteiger partial charge is 0.334 e. The summed E-state index contributed by atoms with van der Waals surface area (Å²) in [6, 6.07) is 3.93. The Hall–Kier alpha value is -1.51. The molecule has 0 fully saturated rings. The van der Waals surface area contributed by atoms with E-state index in [2.05, 4.69) is 4.72 Å². The Kier molecular flexibility index (Phi) is 6.25. The van der Waals surface area contributed by atoms with E-state index in [1.54, 1.807) is 6.92 Å². The standard InChI is InChI=1S/C13H21N3O4S/c1-4-15(5-2)9-8-14-21(19,20)12-7-6-11(3)13(10-12)16(17)18/h6-7,10,14H,4-5,8-9H2,1-3H3/p+1. The molecule has 0 aliphatic rings. The highest BCUT2D eigenvalue weighted by Gasteiger charge is 2.19. The van der Waals surface area contributed by atoms with Crippen LogP contribution in [0.3, 0.4) is 0 Å². The lowest BCUT2D eigenvalue weighted by Crippen LogP contribution is -3.12. The maximum Gasteiger partial charge on any atom is 0.273 e. The molecule has 0 spiro atoms. The Balaban J connectivity index is 2.84. The second-order valence-electron chi connectivity index (χ2n) is 4.81. The van der Waals surface area contributed by atoms with E-state index >= 15 is 0 Å². The van der Waals surface area contributed by atoms with Crippen molar-refractivity contribution in [2.45, 2.75) is 25.7 Å². The van der Waals surface area contributed by atoms with E-state index in [0.29, 0.717) is 18.7 Å². The minimum Gasteiger partial charge on any atom is -0.334 e. The van der Waals surface area contributed by atoms with Gasteiger partial charge >= 0.3 is 0 Å². The van der Waals surface area contributed by atoms with Crippen LogP contribution in [0.2, 0.25) is 0 Å². The van der Waals surface area contributed by atoms with Crippen LogP contribution in [0.25, 0.3) is 0 Å². The van der Waals surface area contributed by atoms with Gasteiger partial charge in [-0.1, -0.05) is 6.07 Å². The van der Waals surface area contributed by atoms with Gasteiger partial charge in [0.15, 0.2) is 0 Å². The second kappa shape index (κ2) is 7.48. The first-order valence-electron chi connectivity index (χ1n) is 6.90. The van der Waals surface area contributed by atoms with Crippen LogP contribution < -0.4 is 9.62 Å². The van der Waals surface area contributed by atoms with Crippen molar-refractivity contribution in [1.29, 1.82) is 0 Å². The maximum absolute atomic E-state index is 12.1. The molecule has 1 rings (SSSR count). The average molecular weight is 316 g/mol. The SMILES string of the molecule is CC[NH+](CC)CCNS(=O)(=O)c1ccc(C)c([N+](=O)[O-])c1. The first-order valence-corrected chi connectivity index (χ1v) is 8.38. The van der Waals surface area contributed by atoms with Crippen molar-refractivity contribution in [3.05, 3.63) is 33.9 Å². The molecular formula is C13H22N3O4S+. The molecule has 0 saturated carbocycles. The number of nitro benzene ring substituents is 1. The highest BCUT2D eigenvalue weighted by Crippen LogP contribution is 2.21. The van der Waals surface area contributed by atoms with Gasteiger partial charge in [-0.3, -0.25) is 10.1 Å². The summed E-state index contributed by atoms with van der Waals surface area (Å²) in [6.07, 6.45) is 0. The average Bonchev–Trinajstić information content (AvgIpc) is 2.43. The smallest absolute Gasteiger partial charge is 0.273 e. The number of nitrogens with zero attached hydrogens (tertiary/aromatic N) is 1. The van der Waals surface area contributed by atoms with Crippen LogP contribution in [-0.4, -0.2) is 39.5 Å². The molecule has 118 valence electrons. The lowest BCUT2D eigenvalue weighted by atomic mass is 10.2. The second-order valence-corrected chi connectivity index (χ2v) is 6.58. The zero-order valence-corrected chi connectivity index (χ0v) is 13.4. The summed E-state index contributed by atoms with van der Waals surface area (Å²) < 4.78 is 26.8. The van der Waals surface area contributed by atoms with Crippen molar-refractivity contribution in [3.8, 4) is 0 Å². The molecule has 1 aromatic rings.